The maximum absolute atomic E-state index is 11.5. The van der Waals surface area contributed by atoms with Gasteiger partial charge in [-0.3, -0.25) is 4.79 Å². The number of rotatable bonds is 3. The Morgan fingerprint density at radius 3 is 2.50 bits per heavy atom. The summed E-state index contributed by atoms with van der Waals surface area (Å²) in [4.78, 5) is 22.1. The monoisotopic (exact) mass is 228 g/mol. The maximum atomic E-state index is 11.5. The maximum Gasteiger partial charge on any atom is 0.325 e. The number of carbonyl (C=O) groups is 2. The summed E-state index contributed by atoms with van der Waals surface area (Å²) in [5.74, 6) is -1.03. The predicted octanol–water partition coefficient (Wildman–Crippen LogP) is 1.34. The lowest BCUT2D eigenvalue weighted by molar-refractivity contribution is -0.138. The fourth-order valence-corrected chi connectivity index (χ4v) is 2.05. The third-order valence-electron chi connectivity index (χ3n) is 3.28. The topological polar surface area (TPSA) is 78.4 Å². The molecule has 0 spiro atoms. The molecule has 5 heteroatoms. The van der Waals surface area contributed by atoms with Crippen LogP contribution in [0.15, 0.2) is 0 Å². The Morgan fingerprint density at radius 1 is 1.44 bits per heavy atom. The van der Waals surface area contributed by atoms with Crippen molar-refractivity contribution in [2.45, 2.75) is 52.1 Å². The van der Waals surface area contributed by atoms with Gasteiger partial charge in [-0.15, -0.1) is 0 Å². The van der Waals surface area contributed by atoms with Crippen molar-refractivity contribution in [1.29, 1.82) is 0 Å². The summed E-state index contributed by atoms with van der Waals surface area (Å²) in [5.41, 5.74) is 0.101. The molecule has 0 aliphatic heterocycles. The zero-order valence-electron chi connectivity index (χ0n) is 10.0. The van der Waals surface area contributed by atoms with E-state index in [2.05, 4.69) is 24.5 Å². The molecule has 0 heterocycles. The zero-order chi connectivity index (χ0) is 12.3. The minimum atomic E-state index is -1.03. The van der Waals surface area contributed by atoms with Crippen LogP contribution in [0.5, 0.6) is 0 Å². The van der Waals surface area contributed by atoms with Crippen LogP contribution in [0.3, 0.4) is 0 Å². The van der Waals surface area contributed by atoms with Gasteiger partial charge in [0.05, 0.1) is 0 Å². The van der Waals surface area contributed by atoms with Crippen LogP contribution in [-0.4, -0.2) is 29.2 Å². The molecule has 1 fully saturated rings. The van der Waals surface area contributed by atoms with Crippen LogP contribution in [0.1, 0.15) is 40.0 Å². The van der Waals surface area contributed by atoms with E-state index in [1.54, 1.807) is 0 Å². The molecule has 92 valence electrons. The fraction of sp³-hybridized carbons (Fsp3) is 0.818. The number of amides is 2. The average Bonchev–Trinajstić information content (AvgIpc) is 2.45. The number of carbonyl (C=O) groups excluding carboxylic acids is 1. The van der Waals surface area contributed by atoms with Crippen molar-refractivity contribution >= 4 is 12.0 Å². The molecule has 0 saturated heterocycles. The molecule has 0 aromatic rings. The first-order valence-electron chi connectivity index (χ1n) is 5.63. The van der Waals surface area contributed by atoms with Crippen LogP contribution in [0, 0.1) is 5.41 Å². The molecular weight excluding hydrogens is 208 g/mol. The van der Waals surface area contributed by atoms with Crippen molar-refractivity contribution in [3.05, 3.63) is 0 Å². The number of hydrogen-bond acceptors (Lipinski definition) is 2. The molecule has 2 unspecified atom stereocenters. The number of carboxylic acids is 1. The minimum absolute atomic E-state index is 0.101. The summed E-state index contributed by atoms with van der Waals surface area (Å²) < 4.78 is 0. The van der Waals surface area contributed by atoms with Gasteiger partial charge in [-0.1, -0.05) is 20.3 Å². The van der Waals surface area contributed by atoms with Crippen LogP contribution in [0.4, 0.5) is 4.79 Å². The van der Waals surface area contributed by atoms with E-state index in [9.17, 15) is 9.59 Å². The number of nitrogens with one attached hydrogen (secondary N) is 2. The molecule has 0 bridgehead atoms. The lowest BCUT2D eigenvalue weighted by Crippen LogP contribution is -2.50. The number of hydrogen-bond donors (Lipinski definition) is 3. The van der Waals surface area contributed by atoms with Gasteiger partial charge in [0.25, 0.3) is 0 Å². The van der Waals surface area contributed by atoms with Gasteiger partial charge in [-0.05, 0) is 25.2 Å². The molecule has 1 aliphatic carbocycles. The van der Waals surface area contributed by atoms with E-state index in [1.807, 2.05) is 0 Å². The Morgan fingerprint density at radius 2 is 2.06 bits per heavy atom. The van der Waals surface area contributed by atoms with Gasteiger partial charge in [0.1, 0.15) is 6.04 Å². The molecular formula is C11H20N2O3. The summed E-state index contributed by atoms with van der Waals surface area (Å²) in [7, 11) is 0. The molecule has 2 amide bonds. The van der Waals surface area contributed by atoms with Gasteiger partial charge in [0, 0.05) is 6.04 Å². The van der Waals surface area contributed by atoms with Crippen molar-refractivity contribution in [2.75, 3.05) is 0 Å². The summed E-state index contributed by atoms with van der Waals surface area (Å²) in [6.07, 6.45) is 3.15. The number of carboxylic acid groups (broad SMARTS) is 1. The van der Waals surface area contributed by atoms with Crippen molar-refractivity contribution in [2.24, 2.45) is 5.41 Å². The largest absolute Gasteiger partial charge is 0.480 e. The van der Waals surface area contributed by atoms with E-state index < -0.39 is 18.0 Å². The summed E-state index contributed by atoms with van der Waals surface area (Å²) >= 11 is 0. The van der Waals surface area contributed by atoms with Crippen LogP contribution in [0.2, 0.25) is 0 Å². The van der Waals surface area contributed by atoms with E-state index in [1.165, 1.54) is 6.92 Å². The SMILES string of the molecule is CC(NC(=O)NC1CCCC1(C)C)C(=O)O. The second-order valence-corrected chi connectivity index (χ2v) is 5.11. The van der Waals surface area contributed by atoms with E-state index in [-0.39, 0.29) is 11.5 Å². The second-order valence-electron chi connectivity index (χ2n) is 5.11. The van der Waals surface area contributed by atoms with E-state index in [4.69, 9.17) is 5.11 Å². The van der Waals surface area contributed by atoms with Crippen molar-refractivity contribution in [1.82, 2.24) is 10.6 Å². The molecule has 1 aliphatic rings. The van der Waals surface area contributed by atoms with Crippen molar-refractivity contribution in [3.8, 4) is 0 Å². The highest BCUT2D eigenvalue weighted by atomic mass is 16.4. The molecule has 5 nitrogen and oxygen atoms in total. The molecule has 1 rings (SSSR count). The van der Waals surface area contributed by atoms with Crippen molar-refractivity contribution < 1.29 is 14.7 Å². The first-order chi connectivity index (χ1) is 7.33. The molecule has 16 heavy (non-hydrogen) atoms. The smallest absolute Gasteiger partial charge is 0.325 e. The van der Waals surface area contributed by atoms with Gasteiger partial charge in [-0.25, -0.2) is 4.79 Å². The van der Waals surface area contributed by atoms with Crippen LogP contribution in [-0.2, 0) is 4.79 Å². The van der Waals surface area contributed by atoms with E-state index in [0.717, 1.165) is 19.3 Å². The quantitative estimate of drug-likeness (QED) is 0.682. The molecule has 0 aromatic heterocycles. The van der Waals surface area contributed by atoms with Gasteiger partial charge < -0.3 is 15.7 Å². The average molecular weight is 228 g/mol. The molecule has 0 aromatic carbocycles. The van der Waals surface area contributed by atoms with Crippen LogP contribution in [0.25, 0.3) is 0 Å². The number of aliphatic carboxylic acids is 1. The van der Waals surface area contributed by atoms with Gasteiger partial charge >= 0.3 is 12.0 Å². The lowest BCUT2D eigenvalue weighted by atomic mass is 9.87. The Kier molecular flexibility index (Phi) is 3.78. The number of urea groups is 1. The minimum Gasteiger partial charge on any atom is -0.480 e. The Hall–Kier alpha value is -1.26. The van der Waals surface area contributed by atoms with Crippen LogP contribution >= 0.6 is 0 Å². The summed E-state index contributed by atoms with van der Waals surface area (Å²) in [6.45, 7) is 5.68. The van der Waals surface area contributed by atoms with Crippen molar-refractivity contribution in [3.63, 3.8) is 0 Å². The molecule has 2 atom stereocenters. The standard InChI is InChI=1S/C11H20N2O3/c1-7(9(14)15)12-10(16)13-8-5-4-6-11(8,2)3/h7-8H,4-6H2,1-3H3,(H,14,15)(H2,12,13,16). The highest BCUT2D eigenvalue weighted by Gasteiger charge is 2.35. The normalized spacial score (nSPS) is 24.8. The Balaban J connectivity index is 2.43. The first kappa shape index (κ1) is 12.8. The molecule has 0 radical (unpaired) electrons. The summed E-state index contributed by atoms with van der Waals surface area (Å²) in [6, 6.07) is -1.12. The second kappa shape index (κ2) is 4.72. The highest BCUT2D eigenvalue weighted by Crippen LogP contribution is 2.36. The highest BCUT2D eigenvalue weighted by molar-refractivity contribution is 5.82. The Labute approximate surface area is 95.6 Å². The first-order valence-corrected chi connectivity index (χ1v) is 5.63. The van der Waals surface area contributed by atoms with Gasteiger partial charge in [0.2, 0.25) is 0 Å². The van der Waals surface area contributed by atoms with Gasteiger partial charge in [-0.2, -0.15) is 0 Å². The third kappa shape index (κ3) is 3.12. The van der Waals surface area contributed by atoms with Crippen LogP contribution < -0.4 is 10.6 Å². The van der Waals surface area contributed by atoms with Gasteiger partial charge in [0.15, 0.2) is 0 Å². The summed E-state index contributed by atoms with van der Waals surface area (Å²) in [5, 5.41) is 13.9. The lowest BCUT2D eigenvalue weighted by Gasteiger charge is -2.28. The fourth-order valence-electron chi connectivity index (χ4n) is 2.05. The zero-order valence-corrected chi connectivity index (χ0v) is 10.0. The predicted molar refractivity (Wildman–Crippen MR) is 60.2 cm³/mol. The third-order valence-corrected chi connectivity index (χ3v) is 3.28. The molecule has 3 N–H and O–H groups in total. The van der Waals surface area contributed by atoms with E-state index in [0.29, 0.717) is 0 Å². The van der Waals surface area contributed by atoms with E-state index >= 15 is 0 Å². The Bertz CT molecular complexity index is 289. The molecule has 1 saturated carbocycles.